The van der Waals surface area contributed by atoms with Crippen LogP contribution < -0.4 is 0 Å². The van der Waals surface area contributed by atoms with Crippen molar-refractivity contribution >= 4 is 150 Å². The molecule has 138 heavy (non-hydrogen) atoms. The summed E-state index contributed by atoms with van der Waals surface area (Å²) < 4.78 is 50.4. The lowest BCUT2D eigenvalue weighted by Crippen LogP contribution is -2.51. The first-order valence-electron chi connectivity index (χ1n) is 48.2. The zero-order chi connectivity index (χ0) is 97.2. The largest absolute Gasteiger partial charge is 0.479 e. The number of nitrogens with zero attached hydrogens (tertiary/aromatic N) is 11. The van der Waals surface area contributed by atoms with Crippen molar-refractivity contribution in [2.75, 3.05) is 65.8 Å². The molecule has 1 N–H and O–H groups in total. The number of carboxylic acid groups (broad SMARTS) is 1. The maximum Gasteiger partial charge on any atom is 0.339 e. The number of benzene rings is 6. The molecule has 1 saturated carbocycles. The second kappa shape index (κ2) is 40.6. The molecule has 0 unspecified atom stereocenters. The Balaban J connectivity index is 0.000000138. The number of rotatable bonds is 22. The third kappa shape index (κ3) is 20.8. The number of hydrogen-bond donors (Lipinski definition) is 1. The Morgan fingerprint density at radius 2 is 0.710 bits per heavy atom. The Labute approximate surface area is 833 Å². The monoisotopic (exact) mass is 1970 g/mol. The summed E-state index contributed by atoms with van der Waals surface area (Å²) in [5, 5.41) is 18.5. The molecular formula is C110H122Cl3N11O11S3. The van der Waals surface area contributed by atoms with E-state index in [1.54, 1.807) is 34.0 Å². The third-order valence-electron chi connectivity index (χ3n) is 27.1. The number of fused-ring (bicyclic) bond motifs is 6. The predicted molar refractivity (Wildman–Crippen MR) is 557 cm³/mol. The summed E-state index contributed by atoms with van der Waals surface area (Å²) in [5.74, 6) is -0.306. The van der Waals surface area contributed by atoms with Gasteiger partial charge in [-0.1, -0.05) is 90.5 Å². The molecule has 0 spiro atoms. The van der Waals surface area contributed by atoms with Crippen molar-refractivity contribution in [2.24, 2.45) is 21.1 Å². The van der Waals surface area contributed by atoms with Gasteiger partial charge in [0.2, 0.25) is 0 Å². The Hall–Kier alpha value is -9.94. The van der Waals surface area contributed by atoms with Crippen molar-refractivity contribution in [1.29, 1.82) is 0 Å². The summed E-state index contributed by atoms with van der Waals surface area (Å²) in [4.78, 5) is 75.1. The molecule has 13 heterocycles. The van der Waals surface area contributed by atoms with Gasteiger partial charge in [-0.3, -0.25) is 9.80 Å². The highest BCUT2D eigenvalue weighted by molar-refractivity contribution is 7.23. The first-order valence-corrected chi connectivity index (χ1v) is 51.8. The minimum absolute atomic E-state index is 0.261. The van der Waals surface area contributed by atoms with E-state index in [-0.39, 0.29) is 13.2 Å². The smallest absolute Gasteiger partial charge is 0.339 e. The van der Waals surface area contributed by atoms with Crippen LogP contribution in [0.25, 0.3) is 129 Å². The Bertz CT molecular complexity index is 7050. The normalized spacial score (nSPS) is 16.7. The van der Waals surface area contributed by atoms with E-state index < -0.39 is 53.0 Å². The van der Waals surface area contributed by atoms with E-state index in [1.807, 2.05) is 194 Å². The summed E-state index contributed by atoms with van der Waals surface area (Å²) in [6.07, 6.45) is 20.4. The fourth-order valence-electron chi connectivity index (χ4n) is 20.5. The van der Waals surface area contributed by atoms with Crippen LogP contribution in [0.4, 0.5) is 0 Å². The molecule has 15 aromatic rings. The van der Waals surface area contributed by atoms with Crippen LogP contribution in [0.1, 0.15) is 220 Å². The molecule has 20 rings (SSSR count). The fraction of sp³-hybridized carbons (Fsp3) is 0.427. The van der Waals surface area contributed by atoms with E-state index in [0.29, 0.717) is 50.5 Å². The lowest BCUT2D eigenvalue weighted by molar-refractivity contribution is -0.167. The Morgan fingerprint density at radius 3 is 0.986 bits per heavy atom. The maximum absolute atomic E-state index is 13.5. The van der Waals surface area contributed by atoms with Crippen molar-refractivity contribution in [1.82, 2.24) is 53.4 Å². The van der Waals surface area contributed by atoms with E-state index in [1.165, 1.54) is 65.0 Å². The van der Waals surface area contributed by atoms with Gasteiger partial charge in [-0.2, -0.15) is 0 Å². The van der Waals surface area contributed by atoms with E-state index >= 15 is 0 Å². The van der Waals surface area contributed by atoms with Crippen LogP contribution in [0.15, 0.2) is 146 Å². The lowest BCUT2D eigenvalue weighted by atomic mass is 9.84. The van der Waals surface area contributed by atoms with Crippen LogP contribution >= 0.6 is 68.8 Å². The molecular weight excluding hydrogens is 1850 g/mol. The van der Waals surface area contributed by atoms with Gasteiger partial charge in [0, 0.05) is 140 Å². The second-order valence-electron chi connectivity index (χ2n) is 40.5. The van der Waals surface area contributed by atoms with Crippen molar-refractivity contribution in [3.63, 3.8) is 0 Å². The quantitative estimate of drug-likeness (QED) is 0.0621. The number of aromatic nitrogens is 9. The number of halogens is 3. The van der Waals surface area contributed by atoms with E-state index in [4.69, 9.17) is 97.9 Å². The average molecular weight is 1980 g/mol. The number of carboxylic acids is 1. The molecule has 4 aliphatic heterocycles. The van der Waals surface area contributed by atoms with Gasteiger partial charge in [-0.25, -0.2) is 44.3 Å². The zero-order valence-electron chi connectivity index (χ0n) is 81.7. The molecule has 1 aliphatic carbocycles. The highest BCUT2D eigenvalue weighted by Crippen LogP contribution is 2.52. The highest BCUT2D eigenvalue weighted by atomic mass is 35.5. The van der Waals surface area contributed by atoms with Crippen molar-refractivity contribution in [3.05, 3.63) is 212 Å². The molecule has 0 amide bonds. The number of carbonyl (C=O) groups is 3. The van der Waals surface area contributed by atoms with Crippen LogP contribution in [0.5, 0.6) is 0 Å². The summed E-state index contributed by atoms with van der Waals surface area (Å²) >= 11 is 23.7. The minimum atomic E-state index is -1.16. The van der Waals surface area contributed by atoms with Gasteiger partial charge in [0.05, 0.1) is 99.2 Å². The minimum Gasteiger partial charge on any atom is -0.479 e. The van der Waals surface area contributed by atoms with E-state index in [9.17, 15) is 19.5 Å². The maximum atomic E-state index is 13.5. The molecule has 5 fully saturated rings. The number of aryl methyl sites for hydroxylation is 6. The number of hydrogen-bond acceptors (Lipinski definition) is 21. The van der Waals surface area contributed by atoms with Crippen molar-refractivity contribution in [3.8, 4) is 65.1 Å². The number of pyridine rings is 3. The molecule has 22 nitrogen and oxygen atoms in total. The zero-order valence-corrected chi connectivity index (χ0v) is 86.4. The standard InChI is InChI=1S/C38H43ClN4O4S.C36H39ClN4O4S.C36H40ClN3O3S/c1-7-46-37(44)33(47-38(3,4)5)31-22(2)16-30-34(32(31)24-8-10-26(39)11-9-24)48-36(41-30)25-17-28-29(19-42(6)35(28)40-18-25)23-12-14-43(15-13-23)27-20-45-21-27;1-20-14-28-32(30(22-6-8-24(37)9-7-22)29(20)31(35(42)43)45-36(2,3)4)46-34(39-28)23-15-26-27(17-40(5)33(26)38-16-23)21-10-12-41(13-11-21)25-18-44-19-25;1-7-42-35(41)31(43-36(3,4)5)29-21(2)17-28-32(30(29)23-13-15-25(37)16-14-23)44-34(39-28)24-18-26-27(22-11-9-8-10-12-22)20-40(6)33(26)38-19-24/h8-11,16-19,23,27,33H,7,12-15,20-21H2,1-6H3;6-9,14-17,21,25,31H,10-13,18-19H2,1-5H3,(H,42,43);13-20,22,31H,7-12H2,1-6H3/t33-;2*31-/m000/s1. The van der Waals surface area contributed by atoms with Crippen molar-refractivity contribution in [2.45, 2.75) is 220 Å². The first-order chi connectivity index (χ1) is 66.0. The molecule has 0 radical (unpaired) electrons. The SMILES string of the molecule is CCOC(=O)[C@@H](OC(C)(C)C)c1c(C)cc2nc(-c3cnc4c(c3)c(C3CCCCC3)cn4C)sc2c1-c1ccc(Cl)cc1.CCOC(=O)[C@@H](OC(C)(C)C)c1c(C)cc2nc(-c3cnc4c(c3)c(C3CCN(C5COC5)CC3)cn4C)sc2c1-c1ccc(Cl)cc1.Cc1cc2nc(-c3cnc4c(c3)c(C3CCN(C5COC5)CC3)cn4C)sc2c(-c2ccc(Cl)cc2)c1[C@H](OC(C)(C)C)C(=O)O. The molecule has 9 aromatic heterocycles. The Morgan fingerprint density at radius 1 is 0.420 bits per heavy atom. The lowest BCUT2D eigenvalue weighted by Gasteiger charge is -2.41. The summed E-state index contributed by atoms with van der Waals surface area (Å²) in [7, 11) is 6.24. The van der Waals surface area contributed by atoms with Gasteiger partial charge < -0.3 is 52.0 Å². The van der Waals surface area contributed by atoms with Gasteiger partial charge in [-0.05, 0) is 302 Å². The van der Waals surface area contributed by atoms with Gasteiger partial charge in [0.15, 0.2) is 18.3 Å². The topological polar surface area (TPSA) is 235 Å². The molecule has 3 atom stereocenters. The molecule has 28 heteroatoms. The van der Waals surface area contributed by atoms with Crippen LogP contribution in [0.3, 0.4) is 0 Å². The molecule has 722 valence electrons. The highest BCUT2D eigenvalue weighted by Gasteiger charge is 2.40. The second-order valence-corrected chi connectivity index (χ2v) is 44.8. The fourth-order valence-corrected chi connectivity index (χ4v) is 24.2. The first kappa shape index (κ1) is 98.3. The van der Waals surface area contributed by atoms with Gasteiger partial charge in [-0.15, -0.1) is 34.0 Å². The van der Waals surface area contributed by atoms with Crippen LogP contribution in [-0.2, 0) is 68.7 Å². The molecule has 0 bridgehead atoms. The number of piperidine rings is 2. The Kier molecular flexibility index (Phi) is 28.9. The molecule has 4 saturated heterocycles. The number of esters is 2. The van der Waals surface area contributed by atoms with E-state index in [2.05, 4.69) is 93.6 Å². The molecule has 5 aliphatic rings. The van der Waals surface area contributed by atoms with E-state index in [0.717, 1.165) is 219 Å². The third-order valence-corrected chi connectivity index (χ3v) is 31.3. The van der Waals surface area contributed by atoms with Crippen LogP contribution in [0, 0.1) is 20.8 Å². The number of thiazole rings is 3. The van der Waals surface area contributed by atoms with Gasteiger partial charge in [0.1, 0.15) is 32.0 Å². The van der Waals surface area contributed by atoms with Gasteiger partial charge >= 0.3 is 17.9 Å². The number of ether oxygens (including phenoxy) is 7. The number of aliphatic carboxylic acids is 1. The summed E-state index contributed by atoms with van der Waals surface area (Å²) in [6.45, 7) is 35.3. The average Bonchev–Trinajstić information content (AvgIpc) is 1.57. The van der Waals surface area contributed by atoms with Gasteiger partial charge in [0.25, 0.3) is 0 Å². The van der Waals surface area contributed by atoms with Crippen LogP contribution in [-0.4, -0.2) is 171 Å². The summed E-state index contributed by atoms with van der Waals surface area (Å²) in [5.41, 5.74) is 20.9. The predicted octanol–water partition coefficient (Wildman–Crippen LogP) is 26.4. The summed E-state index contributed by atoms with van der Waals surface area (Å²) in [6, 6.07) is 37.0. The van der Waals surface area contributed by atoms with Crippen molar-refractivity contribution < 1.29 is 52.6 Å². The number of likely N-dealkylation sites (tertiary alicyclic amines) is 2. The number of carbonyl (C=O) groups excluding carboxylic acids is 2. The van der Waals surface area contributed by atoms with Crippen LogP contribution in [0.2, 0.25) is 15.1 Å². The molecule has 6 aromatic carbocycles.